The van der Waals surface area contributed by atoms with Gasteiger partial charge in [-0.2, -0.15) is 0 Å². The van der Waals surface area contributed by atoms with Crippen LogP contribution in [-0.4, -0.2) is 51.7 Å². The Labute approximate surface area is 106 Å². The molecule has 0 rings (SSSR count). The predicted molar refractivity (Wildman–Crippen MR) is 70.2 cm³/mol. The normalized spacial score (nSPS) is 12.0. The van der Waals surface area contributed by atoms with Crippen molar-refractivity contribution in [3.63, 3.8) is 0 Å². The van der Waals surface area contributed by atoms with Gasteiger partial charge in [0.15, 0.2) is 0 Å². The number of rotatable bonds is 11. The van der Waals surface area contributed by atoms with Gasteiger partial charge < -0.3 is 19.5 Å². The standard InChI is InChI=1S/C13H28NO3/c1-5-7-15-9-11-17-12-10-16-8-6-14-13(2,3)4/h14H,1,5-12H2,2-4H3. The topological polar surface area (TPSA) is 39.7 Å². The Hall–Kier alpha value is -0.160. The van der Waals surface area contributed by atoms with Gasteiger partial charge in [-0.15, -0.1) is 0 Å². The number of nitrogens with one attached hydrogen (secondary N) is 1. The molecule has 4 heteroatoms. The van der Waals surface area contributed by atoms with Crippen LogP contribution >= 0.6 is 0 Å². The van der Waals surface area contributed by atoms with Crippen LogP contribution in [0, 0.1) is 6.92 Å². The van der Waals surface area contributed by atoms with Crippen molar-refractivity contribution in [2.75, 3.05) is 46.2 Å². The lowest BCUT2D eigenvalue weighted by Crippen LogP contribution is -2.38. The third-order valence-electron chi connectivity index (χ3n) is 1.93. The first-order valence-electron chi connectivity index (χ1n) is 6.34. The number of hydrogen-bond donors (Lipinski definition) is 1. The second-order valence-electron chi connectivity index (χ2n) is 4.87. The highest BCUT2D eigenvalue weighted by Gasteiger charge is 2.06. The third-order valence-corrected chi connectivity index (χ3v) is 1.93. The summed E-state index contributed by atoms with van der Waals surface area (Å²) >= 11 is 0. The van der Waals surface area contributed by atoms with Gasteiger partial charge in [0.05, 0.1) is 33.0 Å². The molecule has 0 aliphatic heterocycles. The van der Waals surface area contributed by atoms with Crippen molar-refractivity contribution in [2.45, 2.75) is 32.7 Å². The Morgan fingerprint density at radius 3 is 1.76 bits per heavy atom. The highest BCUT2D eigenvalue weighted by Crippen LogP contribution is 1.96. The zero-order valence-corrected chi connectivity index (χ0v) is 11.6. The van der Waals surface area contributed by atoms with Gasteiger partial charge in [0.25, 0.3) is 0 Å². The van der Waals surface area contributed by atoms with Gasteiger partial charge in [0.2, 0.25) is 0 Å². The molecule has 0 saturated carbocycles. The molecule has 0 spiro atoms. The summed E-state index contributed by atoms with van der Waals surface area (Å²) in [7, 11) is 0. The summed E-state index contributed by atoms with van der Waals surface area (Å²) in [4.78, 5) is 0. The monoisotopic (exact) mass is 246 g/mol. The number of ether oxygens (including phenoxy) is 3. The molecule has 17 heavy (non-hydrogen) atoms. The minimum atomic E-state index is 0.158. The van der Waals surface area contributed by atoms with Gasteiger partial charge in [-0.05, 0) is 27.2 Å². The van der Waals surface area contributed by atoms with Gasteiger partial charge in [-0.1, -0.05) is 6.92 Å². The first-order valence-corrected chi connectivity index (χ1v) is 6.34. The maximum Gasteiger partial charge on any atom is 0.0701 e. The van der Waals surface area contributed by atoms with E-state index in [0.717, 1.165) is 19.6 Å². The molecule has 0 aliphatic rings. The average Bonchev–Trinajstić information content (AvgIpc) is 2.24. The molecule has 0 aromatic heterocycles. The fourth-order valence-electron chi connectivity index (χ4n) is 1.14. The van der Waals surface area contributed by atoms with Crippen molar-refractivity contribution in [2.24, 2.45) is 0 Å². The SMILES string of the molecule is [CH2]CCOCCOCCOCCNC(C)(C)C. The largest absolute Gasteiger partial charge is 0.379 e. The second kappa shape index (κ2) is 11.0. The molecule has 0 unspecified atom stereocenters. The molecule has 103 valence electrons. The molecule has 1 N–H and O–H groups in total. The van der Waals surface area contributed by atoms with Gasteiger partial charge in [0.1, 0.15) is 0 Å². The van der Waals surface area contributed by atoms with Crippen LogP contribution in [-0.2, 0) is 14.2 Å². The van der Waals surface area contributed by atoms with Crippen LogP contribution < -0.4 is 5.32 Å². The van der Waals surface area contributed by atoms with Gasteiger partial charge in [-0.3, -0.25) is 0 Å². The zero-order valence-electron chi connectivity index (χ0n) is 11.6. The summed E-state index contributed by atoms with van der Waals surface area (Å²) < 4.78 is 16.0. The summed E-state index contributed by atoms with van der Waals surface area (Å²) in [6, 6.07) is 0. The molecule has 0 atom stereocenters. The molecule has 0 aliphatic carbocycles. The first kappa shape index (κ1) is 16.8. The summed E-state index contributed by atoms with van der Waals surface area (Å²) in [5.41, 5.74) is 0.158. The van der Waals surface area contributed by atoms with E-state index >= 15 is 0 Å². The molecular formula is C13H28NO3. The maximum absolute atomic E-state index is 5.42. The summed E-state index contributed by atoms with van der Waals surface area (Å²) in [5, 5.41) is 3.36. The Bertz CT molecular complexity index is 157. The summed E-state index contributed by atoms with van der Waals surface area (Å²) in [5.74, 6) is 0. The zero-order chi connectivity index (χ0) is 13.0. The van der Waals surface area contributed by atoms with Gasteiger partial charge >= 0.3 is 0 Å². The average molecular weight is 246 g/mol. The first-order chi connectivity index (χ1) is 8.06. The molecule has 1 radical (unpaired) electrons. The van der Waals surface area contributed by atoms with Gasteiger partial charge in [-0.25, -0.2) is 0 Å². The third kappa shape index (κ3) is 15.8. The molecule has 0 fully saturated rings. The van der Waals surface area contributed by atoms with Gasteiger partial charge in [0, 0.05) is 18.7 Å². The van der Waals surface area contributed by atoms with E-state index in [-0.39, 0.29) is 5.54 Å². The highest BCUT2D eigenvalue weighted by atomic mass is 16.5. The lowest BCUT2D eigenvalue weighted by Gasteiger charge is -2.20. The van der Waals surface area contributed by atoms with Crippen molar-refractivity contribution in [3.8, 4) is 0 Å². The Morgan fingerprint density at radius 1 is 0.824 bits per heavy atom. The van der Waals surface area contributed by atoms with Crippen LogP contribution in [0.5, 0.6) is 0 Å². The van der Waals surface area contributed by atoms with E-state index in [1.54, 1.807) is 0 Å². The minimum Gasteiger partial charge on any atom is -0.379 e. The molecule has 0 aromatic rings. The van der Waals surface area contributed by atoms with E-state index in [0.29, 0.717) is 33.0 Å². The van der Waals surface area contributed by atoms with Crippen LogP contribution in [0.25, 0.3) is 0 Å². The number of hydrogen-bond acceptors (Lipinski definition) is 4. The molecular weight excluding hydrogens is 218 g/mol. The molecule has 0 amide bonds. The van der Waals surface area contributed by atoms with E-state index in [4.69, 9.17) is 14.2 Å². The van der Waals surface area contributed by atoms with Crippen molar-refractivity contribution in [1.82, 2.24) is 5.32 Å². The Kier molecular flexibility index (Phi) is 10.9. The highest BCUT2D eigenvalue weighted by molar-refractivity contribution is 4.69. The van der Waals surface area contributed by atoms with E-state index in [9.17, 15) is 0 Å². The van der Waals surface area contributed by atoms with E-state index in [2.05, 4.69) is 33.0 Å². The summed E-state index contributed by atoms with van der Waals surface area (Å²) in [6.07, 6.45) is 0.809. The lowest BCUT2D eigenvalue weighted by molar-refractivity contribution is 0.0153. The molecule has 0 heterocycles. The second-order valence-corrected chi connectivity index (χ2v) is 4.87. The quantitative estimate of drug-likeness (QED) is 0.563. The van der Waals surface area contributed by atoms with E-state index in [1.165, 1.54) is 0 Å². The van der Waals surface area contributed by atoms with Crippen LogP contribution in [0.15, 0.2) is 0 Å². The maximum atomic E-state index is 5.42. The van der Waals surface area contributed by atoms with Crippen molar-refractivity contribution >= 4 is 0 Å². The van der Waals surface area contributed by atoms with Crippen LogP contribution in [0.4, 0.5) is 0 Å². The van der Waals surface area contributed by atoms with E-state index in [1.807, 2.05) is 0 Å². The fourth-order valence-corrected chi connectivity index (χ4v) is 1.14. The summed E-state index contributed by atoms with van der Waals surface area (Å²) in [6.45, 7) is 14.9. The van der Waals surface area contributed by atoms with Crippen LogP contribution in [0.2, 0.25) is 0 Å². The van der Waals surface area contributed by atoms with Crippen molar-refractivity contribution in [3.05, 3.63) is 6.92 Å². The minimum absolute atomic E-state index is 0.158. The smallest absolute Gasteiger partial charge is 0.0701 e. The van der Waals surface area contributed by atoms with E-state index < -0.39 is 0 Å². The lowest BCUT2D eigenvalue weighted by atomic mass is 10.1. The molecule has 0 saturated heterocycles. The van der Waals surface area contributed by atoms with Crippen molar-refractivity contribution in [1.29, 1.82) is 0 Å². The fraction of sp³-hybridized carbons (Fsp3) is 0.923. The van der Waals surface area contributed by atoms with Crippen LogP contribution in [0.1, 0.15) is 27.2 Å². The molecule has 0 bridgehead atoms. The van der Waals surface area contributed by atoms with Crippen LogP contribution in [0.3, 0.4) is 0 Å². The molecule has 0 aromatic carbocycles. The van der Waals surface area contributed by atoms with Crippen molar-refractivity contribution < 1.29 is 14.2 Å². The Balaban J connectivity index is 2.99. The Morgan fingerprint density at radius 2 is 1.29 bits per heavy atom. The predicted octanol–water partition coefficient (Wildman–Crippen LogP) is 1.65. The molecule has 4 nitrogen and oxygen atoms in total.